The number of benzene rings is 1. The Kier molecular flexibility index (Phi) is 4.44. The van der Waals surface area contributed by atoms with Crippen LogP contribution in [-0.4, -0.2) is 35.3 Å². The molecule has 0 unspecified atom stereocenters. The Bertz CT molecular complexity index is 1190. The average Bonchev–Trinajstić information content (AvgIpc) is 3.20. The van der Waals surface area contributed by atoms with Crippen molar-refractivity contribution in [3.8, 4) is 0 Å². The van der Waals surface area contributed by atoms with Gasteiger partial charge in [0, 0.05) is 30.6 Å². The number of anilines is 1. The Hall–Kier alpha value is -2.03. The molecule has 2 aromatic rings. The average molecular weight is 421 g/mol. The molecule has 1 aromatic heterocycles. The van der Waals surface area contributed by atoms with Gasteiger partial charge in [-0.1, -0.05) is 23.4 Å². The molecular formula is C18H17ClN4O2S2. The number of thioether (sulfide) groups is 1. The molecule has 0 N–H and O–H groups in total. The third-order valence-corrected chi connectivity index (χ3v) is 7.36. The molecule has 2 aliphatic rings. The van der Waals surface area contributed by atoms with Crippen LogP contribution in [0.1, 0.15) is 13.8 Å². The second kappa shape index (κ2) is 6.54. The van der Waals surface area contributed by atoms with E-state index in [1.165, 1.54) is 16.3 Å². The number of carbonyl (C=O) groups excluding carboxylic acids is 1. The first-order chi connectivity index (χ1) is 12.8. The number of thiazole rings is 1. The van der Waals surface area contributed by atoms with Crippen LogP contribution < -0.4 is 19.7 Å². The van der Waals surface area contributed by atoms with E-state index in [1.807, 2.05) is 37.1 Å². The highest BCUT2D eigenvalue weighted by molar-refractivity contribution is 8.08. The SMILES string of the molecule is CCn1c(=O)/c(=C2/Sc3ccc(Cl)cc3N2C)s/c1=C1/C(=O)N(C)N=C1C. The van der Waals surface area contributed by atoms with Crippen molar-refractivity contribution in [2.24, 2.45) is 5.10 Å². The molecule has 1 aromatic carbocycles. The second-order valence-corrected chi connectivity index (χ2v) is 8.72. The van der Waals surface area contributed by atoms with E-state index in [9.17, 15) is 9.59 Å². The maximum Gasteiger partial charge on any atom is 0.278 e. The van der Waals surface area contributed by atoms with Crippen molar-refractivity contribution in [2.75, 3.05) is 19.0 Å². The molecule has 0 aliphatic carbocycles. The lowest BCUT2D eigenvalue weighted by Gasteiger charge is -2.12. The standard InChI is InChI=1S/C18H17ClN4O2S2/c1-5-23-16(25)14(27-17(23)13-9(2)20-22(4)15(13)24)18-21(3)11-8-10(19)6-7-12(11)26-18/h6-8H,5H2,1-4H3/b17-13+,18-14-. The van der Waals surface area contributed by atoms with Gasteiger partial charge in [-0.3, -0.25) is 14.2 Å². The first kappa shape index (κ1) is 18.3. The lowest BCUT2D eigenvalue weighted by molar-refractivity contribution is -0.123. The molecule has 6 nitrogen and oxygen atoms in total. The fourth-order valence-electron chi connectivity index (χ4n) is 3.22. The van der Waals surface area contributed by atoms with Crippen molar-refractivity contribution < 1.29 is 4.79 Å². The molecule has 0 atom stereocenters. The molecule has 140 valence electrons. The molecule has 27 heavy (non-hydrogen) atoms. The Morgan fingerprint density at radius 2 is 1.96 bits per heavy atom. The van der Waals surface area contributed by atoms with Crippen molar-refractivity contribution >= 4 is 62.6 Å². The van der Waals surface area contributed by atoms with Gasteiger partial charge in [0.25, 0.3) is 11.5 Å². The zero-order valence-corrected chi connectivity index (χ0v) is 17.6. The second-order valence-electron chi connectivity index (χ2n) is 6.25. The van der Waals surface area contributed by atoms with E-state index in [-0.39, 0.29) is 11.5 Å². The van der Waals surface area contributed by atoms with Crippen LogP contribution >= 0.6 is 34.7 Å². The van der Waals surface area contributed by atoms with Gasteiger partial charge in [0.2, 0.25) is 0 Å². The lowest BCUT2D eigenvalue weighted by Crippen LogP contribution is -2.35. The highest BCUT2D eigenvalue weighted by Crippen LogP contribution is 2.46. The van der Waals surface area contributed by atoms with Crippen LogP contribution in [0.25, 0.3) is 10.6 Å². The van der Waals surface area contributed by atoms with Crippen LogP contribution in [0.5, 0.6) is 0 Å². The number of nitrogens with zero attached hydrogens (tertiary/aromatic N) is 4. The van der Waals surface area contributed by atoms with E-state index in [0.717, 1.165) is 15.6 Å². The summed E-state index contributed by atoms with van der Waals surface area (Å²) in [5, 5.41) is 7.04. The lowest BCUT2D eigenvalue weighted by atomic mass is 10.2. The molecule has 0 saturated carbocycles. The number of fused-ring (bicyclic) bond motifs is 1. The van der Waals surface area contributed by atoms with Gasteiger partial charge in [0.1, 0.15) is 14.2 Å². The highest BCUT2D eigenvalue weighted by atomic mass is 35.5. The summed E-state index contributed by atoms with van der Waals surface area (Å²) in [6.45, 7) is 4.18. The number of hydrogen-bond acceptors (Lipinski definition) is 6. The largest absolute Gasteiger partial charge is 0.337 e. The van der Waals surface area contributed by atoms with Gasteiger partial charge in [0.05, 0.1) is 17.0 Å². The molecule has 1 amide bonds. The molecule has 0 spiro atoms. The van der Waals surface area contributed by atoms with Crippen LogP contribution in [0.2, 0.25) is 5.02 Å². The van der Waals surface area contributed by atoms with E-state index >= 15 is 0 Å². The van der Waals surface area contributed by atoms with Gasteiger partial charge >= 0.3 is 0 Å². The van der Waals surface area contributed by atoms with Gasteiger partial charge < -0.3 is 4.90 Å². The summed E-state index contributed by atoms with van der Waals surface area (Å²) in [7, 11) is 3.55. The minimum absolute atomic E-state index is 0.0894. The number of halogens is 1. The van der Waals surface area contributed by atoms with Crippen LogP contribution in [0, 0.1) is 0 Å². The topological polar surface area (TPSA) is 57.9 Å². The number of amides is 1. The predicted molar refractivity (Wildman–Crippen MR) is 112 cm³/mol. The van der Waals surface area contributed by atoms with Crippen LogP contribution in [0.4, 0.5) is 5.69 Å². The summed E-state index contributed by atoms with van der Waals surface area (Å²) in [4.78, 5) is 28.7. The van der Waals surface area contributed by atoms with E-state index in [0.29, 0.717) is 32.0 Å². The van der Waals surface area contributed by atoms with Crippen molar-refractivity contribution in [3.05, 3.63) is 42.8 Å². The molecule has 9 heteroatoms. The summed E-state index contributed by atoms with van der Waals surface area (Å²) in [6, 6.07) is 5.70. The molecule has 0 radical (unpaired) electrons. The Labute approximate surface area is 169 Å². The molecule has 0 saturated heterocycles. The van der Waals surface area contributed by atoms with Crippen molar-refractivity contribution in [3.63, 3.8) is 0 Å². The highest BCUT2D eigenvalue weighted by Gasteiger charge is 2.29. The van der Waals surface area contributed by atoms with Gasteiger partial charge in [-0.05, 0) is 32.0 Å². The minimum atomic E-state index is -0.185. The number of carbonyl (C=O) groups is 1. The maximum atomic E-state index is 13.1. The Morgan fingerprint density at radius 3 is 2.59 bits per heavy atom. The molecule has 2 aliphatic heterocycles. The normalized spacial score (nSPS) is 20.5. The first-order valence-corrected chi connectivity index (χ1v) is 10.4. The van der Waals surface area contributed by atoms with Crippen molar-refractivity contribution in [1.29, 1.82) is 0 Å². The Morgan fingerprint density at radius 1 is 1.22 bits per heavy atom. The zero-order valence-electron chi connectivity index (χ0n) is 15.2. The van der Waals surface area contributed by atoms with E-state index in [1.54, 1.807) is 30.3 Å². The fraction of sp³-hybridized carbons (Fsp3) is 0.278. The molecule has 0 fully saturated rings. The summed E-state index contributed by atoms with van der Waals surface area (Å²) >= 11 is 9.02. The predicted octanol–water partition coefficient (Wildman–Crippen LogP) is 1.89. The number of aromatic nitrogens is 1. The van der Waals surface area contributed by atoms with Gasteiger partial charge in [-0.25, -0.2) is 5.01 Å². The Balaban J connectivity index is 2.02. The van der Waals surface area contributed by atoms with Gasteiger partial charge in [-0.15, -0.1) is 11.3 Å². The summed E-state index contributed by atoms with van der Waals surface area (Å²) < 4.78 is 2.93. The minimum Gasteiger partial charge on any atom is -0.337 e. The molecule has 4 rings (SSSR count). The third kappa shape index (κ3) is 2.74. The van der Waals surface area contributed by atoms with Crippen LogP contribution in [0.3, 0.4) is 0 Å². The third-order valence-electron chi connectivity index (χ3n) is 4.57. The van der Waals surface area contributed by atoms with Crippen LogP contribution in [-0.2, 0) is 11.3 Å². The van der Waals surface area contributed by atoms with Crippen LogP contribution in [0.15, 0.2) is 33.0 Å². The number of hydrazone groups is 1. The number of hydrogen-bond donors (Lipinski definition) is 0. The summed E-state index contributed by atoms with van der Waals surface area (Å²) in [6.07, 6.45) is 0. The monoisotopic (exact) mass is 420 g/mol. The van der Waals surface area contributed by atoms with Gasteiger partial charge in [0.15, 0.2) is 0 Å². The van der Waals surface area contributed by atoms with Crippen molar-refractivity contribution in [2.45, 2.75) is 25.3 Å². The smallest absolute Gasteiger partial charge is 0.278 e. The molecule has 3 heterocycles. The maximum absolute atomic E-state index is 13.1. The summed E-state index contributed by atoms with van der Waals surface area (Å²) in [5.41, 5.74) is 2.01. The van der Waals surface area contributed by atoms with E-state index in [4.69, 9.17) is 11.6 Å². The van der Waals surface area contributed by atoms with E-state index in [2.05, 4.69) is 5.10 Å². The molecular weight excluding hydrogens is 404 g/mol. The fourth-order valence-corrected chi connectivity index (χ4v) is 5.97. The van der Waals surface area contributed by atoms with Gasteiger partial charge in [-0.2, -0.15) is 5.10 Å². The number of rotatable bonds is 1. The zero-order chi connectivity index (χ0) is 19.5. The first-order valence-electron chi connectivity index (χ1n) is 8.36. The quantitative estimate of drug-likeness (QED) is 0.707. The summed E-state index contributed by atoms with van der Waals surface area (Å²) in [5.74, 6) is -0.185. The van der Waals surface area contributed by atoms with Crippen molar-refractivity contribution in [1.82, 2.24) is 9.58 Å². The molecule has 0 bridgehead atoms. The van der Waals surface area contributed by atoms with E-state index < -0.39 is 0 Å².